The van der Waals surface area contributed by atoms with Crippen LogP contribution >= 0.6 is 23.2 Å². The molecule has 1 saturated heterocycles. The summed E-state index contributed by atoms with van der Waals surface area (Å²) in [6, 6.07) is 3.87. The van der Waals surface area contributed by atoms with Crippen molar-refractivity contribution in [3.05, 3.63) is 27.7 Å². The molecular weight excluding hydrogens is 291 g/mol. The number of hydrogen-bond acceptors (Lipinski definition) is 2. The summed E-state index contributed by atoms with van der Waals surface area (Å²) in [5, 5.41) is 1.11. The minimum atomic E-state index is 0.478. The number of hydrogen-bond donors (Lipinski definition) is 1. The molecule has 0 amide bonds. The van der Waals surface area contributed by atoms with Gasteiger partial charge < -0.3 is 5.73 Å². The fourth-order valence-electron chi connectivity index (χ4n) is 3.13. The minimum Gasteiger partial charge on any atom is -0.396 e. The molecule has 1 aromatic carbocycles. The average molecular weight is 315 g/mol. The Labute approximate surface area is 132 Å². The van der Waals surface area contributed by atoms with Gasteiger partial charge in [0, 0.05) is 6.54 Å². The number of halogens is 2. The highest BCUT2D eigenvalue weighted by Gasteiger charge is 2.31. The molecule has 0 unspecified atom stereocenters. The second-order valence-corrected chi connectivity index (χ2v) is 6.77. The molecule has 0 saturated carbocycles. The van der Waals surface area contributed by atoms with Crippen LogP contribution in [0.1, 0.15) is 45.1 Å². The predicted molar refractivity (Wildman–Crippen MR) is 88.4 cm³/mol. The molecule has 4 heteroatoms. The molecule has 2 nitrogen and oxygen atoms in total. The van der Waals surface area contributed by atoms with E-state index in [-0.39, 0.29) is 0 Å². The summed E-state index contributed by atoms with van der Waals surface area (Å²) in [7, 11) is 0. The summed E-state index contributed by atoms with van der Waals surface area (Å²) in [6.07, 6.45) is 5.15. The van der Waals surface area contributed by atoms with E-state index in [1.807, 2.05) is 12.1 Å². The second-order valence-electron chi connectivity index (χ2n) is 5.96. The molecule has 112 valence electrons. The lowest BCUT2D eigenvalue weighted by Crippen LogP contribution is -2.39. The highest BCUT2D eigenvalue weighted by molar-refractivity contribution is 6.38. The van der Waals surface area contributed by atoms with Crippen molar-refractivity contribution in [3.8, 4) is 0 Å². The van der Waals surface area contributed by atoms with Gasteiger partial charge in [-0.25, -0.2) is 0 Å². The summed E-state index contributed by atoms with van der Waals surface area (Å²) in [4.78, 5) is 2.49. The van der Waals surface area contributed by atoms with Gasteiger partial charge in [-0.05, 0) is 49.0 Å². The molecule has 2 rings (SSSR count). The largest absolute Gasteiger partial charge is 0.396 e. The lowest BCUT2D eigenvalue weighted by atomic mass is 9.74. The quantitative estimate of drug-likeness (QED) is 0.794. The first-order valence-corrected chi connectivity index (χ1v) is 8.21. The van der Waals surface area contributed by atoms with Crippen LogP contribution in [0.2, 0.25) is 10.0 Å². The van der Waals surface area contributed by atoms with Gasteiger partial charge in [-0.3, -0.25) is 4.90 Å². The van der Waals surface area contributed by atoms with Crippen LogP contribution in [0.25, 0.3) is 0 Å². The molecule has 1 aliphatic rings. The number of nitrogens with zero attached hydrogens (tertiary/aromatic N) is 1. The fraction of sp³-hybridized carbons (Fsp3) is 0.625. The topological polar surface area (TPSA) is 29.3 Å². The maximum atomic E-state index is 6.10. The van der Waals surface area contributed by atoms with Gasteiger partial charge in [0.1, 0.15) is 0 Å². The van der Waals surface area contributed by atoms with Crippen molar-refractivity contribution in [2.24, 2.45) is 5.41 Å². The third-order valence-electron chi connectivity index (χ3n) is 4.96. The molecule has 1 fully saturated rings. The molecule has 20 heavy (non-hydrogen) atoms. The number of likely N-dealkylation sites (tertiary alicyclic amines) is 1. The lowest BCUT2D eigenvalue weighted by molar-refractivity contribution is 0.0909. The van der Waals surface area contributed by atoms with Crippen LogP contribution in [0.5, 0.6) is 0 Å². The average Bonchev–Trinajstić information content (AvgIpc) is 2.46. The molecule has 0 bridgehead atoms. The van der Waals surface area contributed by atoms with E-state index in [4.69, 9.17) is 28.9 Å². The van der Waals surface area contributed by atoms with Crippen molar-refractivity contribution in [2.45, 2.75) is 46.1 Å². The van der Waals surface area contributed by atoms with Crippen molar-refractivity contribution >= 4 is 28.9 Å². The van der Waals surface area contributed by atoms with E-state index in [2.05, 4.69) is 18.7 Å². The monoisotopic (exact) mass is 314 g/mol. The highest BCUT2D eigenvalue weighted by atomic mass is 35.5. The highest BCUT2D eigenvalue weighted by Crippen LogP contribution is 2.38. The van der Waals surface area contributed by atoms with E-state index in [1.54, 1.807) is 0 Å². The van der Waals surface area contributed by atoms with Crippen LogP contribution in [0.4, 0.5) is 5.69 Å². The molecule has 1 aliphatic heterocycles. The summed E-state index contributed by atoms with van der Waals surface area (Å²) >= 11 is 12.2. The zero-order chi connectivity index (χ0) is 14.8. The van der Waals surface area contributed by atoms with Gasteiger partial charge in [0.25, 0.3) is 0 Å². The van der Waals surface area contributed by atoms with Crippen molar-refractivity contribution in [2.75, 3.05) is 18.8 Å². The minimum absolute atomic E-state index is 0.478. The van der Waals surface area contributed by atoms with Crippen LogP contribution in [0.3, 0.4) is 0 Å². The van der Waals surface area contributed by atoms with Crippen LogP contribution in [-0.2, 0) is 6.54 Å². The predicted octanol–water partition coefficient (Wildman–Crippen LogP) is 4.98. The Morgan fingerprint density at radius 2 is 1.60 bits per heavy atom. The summed E-state index contributed by atoms with van der Waals surface area (Å²) < 4.78 is 0. The van der Waals surface area contributed by atoms with Crippen molar-refractivity contribution in [3.63, 3.8) is 0 Å². The first-order valence-electron chi connectivity index (χ1n) is 7.45. The Morgan fingerprint density at radius 3 is 2.05 bits per heavy atom. The van der Waals surface area contributed by atoms with Crippen molar-refractivity contribution < 1.29 is 0 Å². The molecule has 0 spiro atoms. The normalized spacial score (nSPS) is 19.2. The zero-order valence-corrected chi connectivity index (χ0v) is 13.9. The number of anilines is 1. The molecule has 1 aromatic rings. The van der Waals surface area contributed by atoms with Gasteiger partial charge in [0.15, 0.2) is 0 Å². The Morgan fingerprint density at radius 1 is 1.10 bits per heavy atom. The van der Waals surface area contributed by atoms with Crippen molar-refractivity contribution in [1.82, 2.24) is 4.90 Å². The van der Waals surface area contributed by atoms with Crippen molar-refractivity contribution in [1.29, 1.82) is 0 Å². The van der Waals surface area contributed by atoms with E-state index < -0.39 is 0 Å². The Hall–Kier alpha value is -0.440. The van der Waals surface area contributed by atoms with E-state index >= 15 is 0 Å². The molecule has 0 atom stereocenters. The zero-order valence-electron chi connectivity index (χ0n) is 12.4. The molecular formula is C16H24Cl2N2. The van der Waals surface area contributed by atoms with E-state index in [1.165, 1.54) is 25.7 Å². The van der Waals surface area contributed by atoms with E-state index in [0.717, 1.165) is 25.2 Å². The molecule has 1 heterocycles. The van der Waals surface area contributed by atoms with Gasteiger partial charge in [0.05, 0.1) is 15.7 Å². The molecule has 0 aliphatic carbocycles. The Kier molecular flexibility index (Phi) is 5.22. The van der Waals surface area contributed by atoms with Crippen LogP contribution in [0, 0.1) is 5.41 Å². The van der Waals surface area contributed by atoms with Crippen LogP contribution in [0.15, 0.2) is 12.1 Å². The van der Waals surface area contributed by atoms with Crippen LogP contribution in [-0.4, -0.2) is 18.0 Å². The lowest BCUT2D eigenvalue weighted by Gasteiger charge is -2.41. The first kappa shape index (κ1) is 15.9. The number of nitrogen functional groups attached to an aromatic ring is 1. The van der Waals surface area contributed by atoms with Gasteiger partial charge in [-0.15, -0.1) is 0 Å². The molecule has 0 radical (unpaired) electrons. The summed E-state index contributed by atoms with van der Waals surface area (Å²) in [5.74, 6) is 0. The van der Waals surface area contributed by atoms with Gasteiger partial charge in [-0.2, -0.15) is 0 Å². The second kappa shape index (κ2) is 6.55. The van der Waals surface area contributed by atoms with Gasteiger partial charge in [0.2, 0.25) is 0 Å². The fourth-order valence-corrected chi connectivity index (χ4v) is 3.66. The van der Waals surface area contributed by atoms with Gasteiger partial charge in [-0.1, -0.05) is 49.9 Å². The number of benzene rings is 1. The number of rotatable bonds is 4. The third-order valence-corrected chi connectivity index (χ3v) is 5.59. The van der Waals surface area contributed by atoms with E-state index in [0.29, 0.717) is 21.1 Å². The third kappa shape index (κ3) is 3.41. The number of piperidine rings is 1. The standard InChI is InChI=1S/C16H24Cl2N2/c1-3-16(4-2)5-7-20(8-6-16)11-12-9-13(17)15(19)14(18)10-12/h9-10H,3-8,11,19H2,1-2H3. The first-order chi connectivity index (χ1) is 9.49. The smallest absolute Gasteiger partial charge is 0.0693 e. The maximum Gasteiger partial charge on any atom is 0.0693 e. The van der Waals surface area contributed by atoms with Gasteiger partial charge >= 0.3 is 0 Å². The summed E-state index contributed by atoms with van der Waals surface area (Å²) in [5.41, 5.74) is 7.97. The SMILES string of the molecule is CCC1(CC)CCN(Cc2cc(Cl)c(N)c(Cl)c2)CC1. The number of nitrogens with two attached hydrogens (primary N) is 1. The van der Waals surface area contributed by atoms with Crippen LogP contribution < -0.4 is 5.73 Å². The van der Waals surface area contributed by atoms with E-state index in [9.17, 15) is 0 Å². The Balaban J connectivity index is 1.99. The molecule has 2 N–H and O–H groups in total. The summed E-state index contributed by atoms with van der Waals surface area (Å²) in [6.45, 7) is 7.85. The molecule has 0 aromatic heterocycles. The maximum absolute atomic E-state index is 6.10. The Bertz CT molecular complexity index is 437.